The maximum atomic E-state index is 11.5. The van der Waals surface area contributed by atoms with Gasteiger partial charge in [0.15, 0.2) is 0 Å². The fourth-order valence-corrected chi connectivity index (χ4v) is 3.09. The molecule has 0 radical (unpaired) electrons. The second-order valence-corrected chi connectivity index (χ2v) is 7.14. The standard InChI is InChI=1S/C17H10BrClN2O3S/c18-11-7-5-10(6-8-11)9-14(16(22)23)25-17-21-20-15(24-17)12-3-1-2-4-13(12)19/h1-9H,(H,22,23). The average Bonchev–Trinajstić information content (AvgIpc) is 3.05. The topological polar surface area (TPSA) is 76.2 Å². The van der Waals surface area contributed by atoms with Crippen molar-refractivity contribution in [2.45, 2.75) is 5.22 Å². The summed E-state index contributed by atoms with van der Waals surface area (Å²) in [5.41, 5.74) is 1.34. The quantitative estimate of drug-likeness (QED) is 0.427. The van der Waals surface area contributed by atoms with Gasteiger partial charge in [0.05, 0.1) is 10.6 Å². The molecule has 126 valence electrons. The normalized spacial score (nSPS) is 11.5. The highest BCUT2D eigenvalue weighted by Gasteiger charge is 2.17. The van der Waals surface area contributed by atoms with Gasteiger partial charge in [-0.2, -0.15) is 0 Å². The molecule has 0 saturated carbocycles. The first kappa shape index (κ1) is 17.7. The van der Waals surface area contributed by atoms with E-state index in [9.17, 15) is 9.90 Å². The lowest BCUT2D eigenvalue weighted by Gasteiger charge is -2.00. The molecule has 0 bridgehead atoms. The van der Waals surface area contributed by atoms with Crippen LogP contribution in [0.2, 0.25) is 5.02 Å². The van der Waals surface area contributed by atoms with Gasteiger partial charge in [-0.15, -0.1) is 10.2 Å². The van der Waals surface area contributed by atoms with Crippen molar-refractivity contribution in [3.63, 3.8) is 0 Å². The summed E-state index contributed by atoms with van der Waals surface area (Å²) in [5.74, 6) is -0.841. The lowest BCUT2D eigenvalue weighted by molar-refractivity contribution is -0.131. The maximum Gasteiger partial charge on any atom is 0.342 e. The van der Waals surface area contributed by atoms with E-state index in [-0.39, 0.29) is 16.0 Å². The van der Waals surface area contributed by atoms with Crippen molar-refractivity contribution in [2.24, 2.45) is 0 Å². The number of aromatic nitrogens is 2. The van der Waals surface area contributed by atoms with Crippen LogP contribution in [0.15, 0.2) is 67.5 Å². The first-order valence-corrected chi connectivity index (χ1v) is 8.98. The molecule has 2 aromatic carbocycles. The van der Waals surface area contributed by atoms with E-state index in [2.05, 4.69) is 26.1 Å². The van der Waals surface area contributed by atoms with Gasteiger partial charge in [0.2, 0.25) is 5.89 Å². The second-order valence-electron chi connectivity index (χ2n) is 4.82. The molecule has 0 unspecified atom stereocenters. The number of thioether (sulfide) groups is 1. The van der Waals surface area contributed by atoms with Crippen LogP contribution in [0.25, 0.3) is 17.5 Å². The van der Waals surface area contributed by atoms with Crippen LogP contribution in [0.3, 0.4) is 0 Å². The number of aliphatic carboxylic acids is 1. The number of rotatable bonds is 5. The van der Waals surface area contributed by atoms with Crippen molar-refractivity contribution in [1.29, 1.82) is 0 Å². The van der Waals surface area contributed by atoms with Gasteiger partial charge >= 0.3 is 5.97 Å². The summed E-state index contributed by atoms with van der Waals surface area (Å²) in [7, 11) is 0. The van der Waals surface area contributed by atoms with Crippen LogP contribution in [0.4, 0.5) is 0 Å². The maximum absolute atomic E-state index is 11.5. The zero-order valence-electron chi connectivity index (χ0n) is 12.5. The third-order valence-corrected chi connectivity index (χ3v) is 4.80. The molecular formula is C17H10BrClN2O3S. The van der Waals surface area contributed by atoms with Gasteiger partial charge in [0, 0.05) is 4.47 Å². The Labute approximate surface area is 160 Å². The second kappa shape index (κ2) is 7.86. The van der Waals surface area contributed by atoms with Crippen LogP contribution in [0.1, 0.15) is 5.56 Å². The van der Waals surface area contributed by atoms with Gasteiger partial charge in [0.1, 0.15) is 4.91 Å². The van der Waals surface area contributed by atoms with Crippen molar-refractivity contribution in [3.05, 3.63) is 68.5 Å². The van der Waals surface area contributed by atoms with Crippen LogP contribution in [-0.4, -0.2) is 21.3 Å². The summed E-state index contributed by atoms with van der Waals surface area (Å²) < 4.78 is 6.45. The zero-order valence-corrected chi connectivity index (χ0v) is 15.7. The average molecular weight is 438 g/mol. The van der Waals surface area contributed by atoms with Gasteiger partial charge in [-0.05, 0) is 47.7 Å². The third kappa shape index (κ3) is 4.50. The molecule has 1 aromatic heterocycles. The van der Waals surface area contributed by atoms with Gasteiger partial charge in [0.25, 0.3) is 5.22 Å². The lowest BCUT2D eigenvalue weighted by atomic mass is 10.2. The first-order valence-electron chi connectivity index (χ1n) is 7.00. The number of carboxylic acids is 1. The zero-order chi connectivity index (χ0) is 17.8. The van der Waals surface area contributed by atoms with Crippen LogP contribution in [0.5, 0.6) is 0 Å². The van der Waals surface area contributed by atoms with Gasteiger partial charge in [-0.25, -0.2) is 4.79 Å². The molecule has 0 spiro atoms. The number of carbonyl (C=O) groups is 1. The Bertz CT molecular complexity index is 941. The summed E-state index contributed by atoms with van der Waals surface area (Å²) in [6, 6.07) is 14.3. The Morgan fingerprint density at radius 3 is 2.56 bits per heavy atom. The lowest BCUT2D eigenvalue weighted by Crippen LogP contribution is -1.96. The molecule has 0 aliphatic carbocycles. The molecule has 0 aliphatic heterocycles. The minimum absolute atomic E-state index is 0.0664. The van der Waals surface area contributed by atoms with E-state index in [0.717, 1.165) is 21.8 Å². The molecule has 3 aromatic rings. The Balaban J connectivity index is 1.85. The monoisotopic (exact) mass is 436 g/mol. The Morgan fingerprint density at radius 1 is 1.16 bits per heavy atom. The van der Waals surface area contributed by atoms with E-state index in [1.807, 2.05) is 12.1 Å². The number of nitrogens with zero attached hydrogens (tertiary/aromatic N) is 2. The number of hydrogen-bond donors (Lipinski definition) is 1. The molecule has 25 heavy (non-hydrogen) atoms. The molecule has 3 rings (SSSR count). The number of hydrogen-bond acceptors (Lipinski definition) is 5. The van der Waals surface area contributed by atoms with Crippen LogP contribution >= 0.6 is 39.3 Å². The predicted molar refractivity (Wildman–Crippen MR) is 100 cm³/mol. The Hall–Kier alpha value is -2.09. The predicted octanol–water partition coefficient (Wildman–Crippen LogP) is 5.37. The molecule has 0 fully saturated rings. The minimum Gasteiger partial charge on any atom is -0.477 e. The summed E-state index contributed by atoms with van der Waals surface area (Å²) in [6.45, 7) is 0. The SMILES string of the molecule is O=C(O)C(=Cc1ccc(Br)cc1)Sc1nnc(-c2ccccc2Cl)o1. The van der Waals surface area contributed by atoms with Crippen LogP contribution < -0.4 is 0 Å². The molecule has 0 saturated heterocycles. The van der Waals surface area contributed by atoms with Crippen LogP contribution in [-0.2, 0) is 4.79 Å². The van der Waals surface area contributed by atoms with Crippen molar-refractivity contribution in [2.75, 3.05) is 0 Å². The summed E-state index contributed by atoms with van der Waals surface area (Å²) in [4.78, 5) is 11.6. The van der Waals surface area contributed by atoms with E-state index in [1.165, 1.54) is 0 Å². The van der Waals surface area contributed by atoms with E-state index >= 15 is 0 Å². The molecule has 5 nitrogen and oxygen atoms in total. The Kier molecular flexibility index (Phi) is 5.57. The Morgan fingerprint density at radius 2 is 1.88 bits per heavy atom. The largest absolute Gasteiger partial charge is 0.477 e. The van der Waals surface area contributed by atoms with Crippen LogP contribution in [0, 0.1) is 0 Å². The molecule has 0 aliphatic rings. The van der Waals surface area contributed by atoms with E-state index < -0.39 is 5.97 Å². The van der Waals surface area contributed by atoms with Crippen molar-refractivity contribution in [1.82, 2.24) is 10.2 Å². The van der Waals surface area contributed by atoms with Crippen molar-refractivity contribution < 1.29 is 14.3 Å². The highest BCUT2D eigenvalue weighted by atomic mass is 79.9. The highest BCUT2D eigenvalue weighted by molar-refractivity contribution is 9.10. The van der Waals surface area contributed by atoms with Gasteiger partial charge in [-0.3, -0.25) is 0 Å². The molecule has 1 N–H and O–H groups in total. The van der Waals surface area contributed by atoms with Gasteiger partial charge in [-0.1, -0.05) is 51.8 Å². The number of benzene rings is 2. The number of carboxylic acid groups (broad SMARTS) is 1. The number of halogens is 2. The van der Waals surface area contributed by atoms with Gasteiger partial charge < -0.3 is 9.52 Å². The summed E-state index contributed by atoms with van der Waals surface area (Å²) in [6.07, 6.45) is 1.54. The fraction of sp³-hybridized carbons (Fsp3) is 0. The van der Waals surface area contributed by atoms with Crippen molar-refractivity contribution >= 4 is 51.3 Å². The van der Waals surface area contributed by atoms with E-state index in [4.69, 9.17) is 16.0 Å². The molecule has 8 heteroatoms. The smallest absolute Gasteiger partial charge is 0.342 e. The van der Waals surface area contributed by atoms with Crippen molar-refractivity contribution in [3.8, 4) is 11.5 Å². The molecule has 0 atom stereocenters. The minimum atomic E-state index is -1.08. The summed E-state index contributed by atoms with van der Waals surface area (Å²) in [5, 5.41) is 17.8. The highest BCUT2D eigenvalue weighted by Crippen LogP contribution is 2.32. The summed E-state index contributed by atoms with van der Waals surface area (Å²) >= 11 is 10.3. The third-order valence-electron chi connectivity index (χ3n) is 3.09. The van der Waals surface area contributed by atoms with E-state index in [1.54, 1.807) is 42.5 Å². The molecule has 1 heterocycles. The fourth-order valence-electron chi connectivity index (χ4n) is 1.93. The molecule has 0 amide bonds. The molecular weight excluding hydrogens is 428 g/mol. The first-order chi connectivity index (χ1) is 12.0. The van der Waals surface area contributed by atoms with E-state index in [0.29, 0.717) is 10.6 Å².